The van der Waals surface area contributed by atoms with E-state index in [0.29, 0.717) is 11.7 Å². The van der Waals surface area contributed by atoms with Crippen molar-refractivity contribution >= 4 is 28.9 Å². The fraction of sp³-hybridized carbons (Fsp3) is 0.233. The number of hydrogen-bond donors (Lipinski definition) is 2. The maximum Gasteiger partial charge on any atom is 0.226 e. The molecule has 0 unspecified atom stereocenters. The van der Waals surface area contributed by atoms with Gasteiger partial charge in [0.05, 0.1) is 17.8 Å². The molecule has 2 atom stereocenters. The molecule has 0 bridgehead atoms. The highest BCUT2D eigenvalue weighted by atomic mass is 32.1. The van der Waals surface area contributed by atoms with Gasteiger partial charge >= 0.3 is 0 Å². The van der Waals surface area contributed by atoms with Gasteiger partial charge in [-0.05, 0) is 98.7 Å². The number of anilines is 1. The first-order chi connectivity index (χ1) is 18.3. The van der Waals surface area contributed by atoms with Crippen LogP contribution in [0.25, 0.3) is 5.69 Å². The van der Waals surface area contributed by atoms with Crippen LogP contribution in [0.3, 0.4) is 0 Å². The Hall–Kier alpha value is -4.04. The Kier molecular flexibility index (Phi) is 7.24. The Labute approximate surface area is 227 Å². The molecule has 6 nitrogen and oxygen atoms in total. The lowest BCUT2D eigenvalue weighted by Gasteiger charge is -2.28. The van der Waals surface area contributed by atoms with Crippen LogP contribution < -0.4 is 10.6 Å². The second kappa shape index (κ2) is 10.8. The zero-order valence-corrected chi connectivity index (χ0v) is 22.4. The Balaban J connectivity index is 1.46. The number of nitrogens with one attached hydrogen (secondary N) is 2. The Morgan fingerprint density at radius 3 is 2.55 bits per heavy atom. The normalized spacial score (nSPS) is 16.9. The van der Waals surface area contributed by atoms with E-state index in [9.17, 15) is 9.18 Å². The number of carbonyl (C=O) groups is 1. The average molecular weight is 528 g/mol. The third-order valence-electron chi connectivity index (χ3n) is 6.95. The topological polar surface area (TPSA) is 62.2 Å². The molecule has 5 rings (SSSR count). The predicted octanol–water partition coefficient (Wildman–Crippen LogP) is 5.94. The van der Waals surface area contributed by atoms with Crippen molar-refractivity contribution in [3.05, 3.63) is 113 Å². The molecule has 2 aromatic carbocycles. The third kappa shape index (κ3) is 5.17. The smallest absolute Gasteiger partial charge is 0.226 e. The van der Waals surface area contributed by atoms with Crippen molar-refractivity contribution in [3.8, 4) is 5.69 Å². The van der Waals surface area contributed by atoms with E-state index in [1.54, 1.807) is 18.3 Å². The van der Waals surface area contributed by atoms with E-state index in [0.717, 1.165) is 39.6 Å². The molecular formula is C30H30FN5OS. The number of nitrogens with zero attached hydrogens (tertiary/aromatic N) is 3. The fourth-order valence-corrected chi connectivity index (χ4v) is 5.56. The van der Waals surface area contributed by atoms with Gasteiger partial charge in [0.25, 0.3) is 0 Å². The van der Waals surface area contributed by atoms with Gasteiger partial charge in [-0.25, -0.2) is 4.39 Å². The van der Waals surface area contributed by atoms with Crippen LogP contribution in [0.2, 0.25) is 0 Å². The van der Waals surface area contributed by atoms with Crippen LogP contribution in [0.5, 0.6) is 0 Å². The Morgan fingerprint density at radius 2 is 1.84 bits per heavy atom. The highest BCUT2D eigenvalue weighted by Crippen LogP contribution is 2.41. The van der Waals surface area contributed by atoms with Gasteiger partial charge in [0, 0.05) is 41.9 Å². The van der Waals surface area contributed by atoms with Gasteiger partial charge in [0.15, 0.2) is 5.11 Å². The van der Waals surface area contributed by atoms with Crippen molar-refractivity contribution < 1.29 is 9.18 Å². The molecule has 1 aliphatic rings. The van der Waals surface area contributed by atoms with Gasteiger partial charge in [-0.1, -0.05) is 18.2 Å². The van der Waals surface area contributed by atoms with E-state index in [4.69, 9.17) is 12.2 Å². The highest BCUT2D eigenvalue weighted by Gasteiger charge is 2.41. The van der Waals surface area contributed by atoms with Crippen molar-refractivity contribution in [1.29, 1.82) is 0 Å². The first kappa shape index (κ1) is 25.6. The second-order valence-electron chi connectivity index (χ2n) is 9.63. The SMILES string of the molecule is Cc1cccc(NC(=O)CCN2C(=S)N[C@@H](c3ccccn3)[C@H]2c2cc(C)n(-c3ccc(F)cc3)c2C)c1. The largest absolute Gasteiger partial charge is 0.352 e. The number of aromatic nitrogens is 2. The summed E-state index contributed by atoms with van der Waals surface area (Å²) < 4.78 is 15.7. The number of thiocarbonyl (C=S) groups is 1. The monoisotopic (exact) mass is 527 g/mol. The van der Waals surface area contributed by atoms with Crippen molar-refractivity contribution in [1.82, 2.24) is 19.8 Å². The van der Waals surface area contributed by atoms with Gasteiger partial charge in [0.1, 0.15) is 5.82 Å². The molecule has 0 radical (unpaired) electrons. The molecule has 194 valence electrons. The van der Waals surface area contributed by atoms with Crippen LogP contribution in [0, 0.1) is 26.6 Å². The molecule has 3 heterocycles. The number of pyridine rings is 1. The maximum atomic E-state index is 13.6. The Bertz CT molecular complexity index is 1470. The minimum atomic E-state index is -0.271. The van der Waals surface area contributed by atoms with E-state index < -0.39 is 0 Å². The molecule has 2 aromatic heterocycles. The van der Waals surface area contributed by atoms with Crippen molar-refractivity contribution in [2.45, 2.75) is 39.3 Å². The molecule has 2 N–H and O–H groups in total. The number of amides is 1. The molecule has 1 aliphatic heterocycles. The van der Waals surface area contributed by atoms with Crippen LogP contribution >= 0.6 is 12.2 Å². The molecule has 0 saturated carbocycles. The van der Waals surface area contributed by atoms with E-state index in [-0.39, 0.29) is 30.2 Å². The number of carbonyl (C=O) groups excluding carboxylic acids is 1. The molecule has 1 saturated heterocycles. The van der Waals surface area contributed by atoms with Crippen LogP contribution in [0.15, 0.2) is 79.0 Å². The van der Waals surface area contributed by atoms with Crippen LogP contribution in [-0.2, 0) is 4.79 Å². The van der Waals surface area contributed by atoms with Crippen LogP contribution in [0.1, 0.15) is 46.7 Å². The number of hydrogen-bond acceptors (Lipinski definition) is 3. The molecule has 1 fully saturated rings. The van der Waals surface area contributed by atoms with Gasteiger partial charge in [0.2, 0.25) is 5.91 Å². The van der Waals surface area contributed by atoms with Gasteiger partial charge in [-0.3, -0.25) is 9.78 Å². The zero-order chi connectivity index (χ0) is 26.8. The second-order valence-corrected chi connectivity index (χ2v) is 10.0. The average Bonchev–Trinajstić information content (AvgIpc) is 3.38. The zero-order valence-electron chi connectivity index (χ0n) is 21.6. The first-order valence-electron chi connectivity index (χ1n) is 12.6. The van der Waals surface area contributed by atoms with Gasteiger partial charge < -0.3 is 20.1 Å². The summed E-state index contributed by atoms with van der Waals surface area (Å²) in [6, 6.07) is 21.9. The predicted molar refractivity (Wildman–Crippen MR) is 152 cm³/mol. The quantitative estimate of drug-likeness (QED) is 0.292. The van der Waals surface area contributed by atoms with Crippen molar-refractivity contribution in [2.75, 3.05) is 11.9 Å². The summed E-state index contributed by atoms with van der Waals surface area (Å²) in [6.07, 6.45) is 2.05. The lowest BCUT2D eigenvalue weighted by molar-refractivity contribution is -0.116. The minimum absolute atomic E-state index is 0.0739. The number of benzene rings is 2. The lowest BCUT2D eigenvalue weighted by atomic mass is 9.96. The summed E-state index contributed by atoms with van der Waals surface area (Å²) in [6.45, 7) is 6.54. The molecule has 38 heavy (non-hydrogen) atoms. The Morgan fingerprint density at radius 1 is 1.05 bits per heavy atom. The molecule has 4 aromatic rings. The standard InChI is InChI=1S/C30H30FN5OS/c1-19-7-6-8-23(17-19)33-27(37)14-16-35-29(28(34-30(35)38)26-9-4-5-15-32-26)25-18-20(2)36(21(25)3)24-12-10-22(31)11-13-24/h4-13,15,17-18,28-29H,14,16H2,1-3H3,(H,33,37)(H,34,38)/t28-,29+/m0/s1. The van der Waals surface area contributed by atoms with E-state index >= 15 is 0 Å². The molecule has 8 heteroatoms. The highest BCUT2D eigenvalue weighted by molar-refractivity contribution is 7.80. The summed E-state index contributed by atoms with van der Waals surface area (Å²) in [5.74, 6) is -0.345. The van der Waals surface area contributed by atoms with Gasteiger partial charge in [-0.2, -0.15) is 0 Å². The number of aryl methyl sites for hydroxylation is 2. The van der Waals surface area contributed by atoms with Crippen LogP contribution in [0.4, 0.5) is 10.1 Å². The molecule has 1 amide bonds. The summed E-state index contributed by atoms with van der Waals surface area (Å²) in [4.78, 5) is 19.6. The lowest BCUT2D eigenvalue weighted by Crippen LogP contribution is -2.32. The van der Waals surface area contributed by atoms with E-state index in [2.05, 4.69) is 38.1 Å². The fourth-order valence-electron chi connectivity index (χ4n) is 5.23. The summed E-state index contributed by atoms with van der Waals surface area (Å²) in [7, 11) is 0. The third-order valence-corrected chi connectivity index (χ3v) is 7.31. The van der Waals surface area contributed by atoms with Gasteiger partial charge in [-0.15, -0.1) is 0 Å². The van der Waals surface area contributed by atoms with Crippen LogP contribution in [-0.4, -0.2) is 32.0 Å². The van der Waals surface area contributed by atoms with Crippen molar-refractivity contribution in [3.63, 3.8) is 0 Å². The summed E-state index contributed by atoms with van der Waals surface area (Å²) >= 11 is 5.79. The minimum Gasteiger partial charge on any atom is -0.352 e. The first-order valence-corrected chi connectivity index (χ1v) is 13.0. The number of rotatable bonds is 7. The maximum absolute atomic E-state index is 13.6. The van der Waals surface area contributed by atoms with E-state index in [1.807, 2.05) is 56.3 Å². The number of halogens is 1. The summed E-state index contributed by atoms with van der Waals surface area (Å²) in [5, 5.41) is 7.03. The van der Waals surface area contributed by atoms with Crippen molar-refractivity contribution in [2.24, 2.45) is 0 Å². The molecule has 0 aliphatic carbocycles. The molecular weight excluding hydrogens is 497 g/mol. The van der Waals surface area contributed by atoms with E-state index in [1.165, 1.54) is 12.1 Å². The summed E-state index contributed by atoms with van der Waals surface area (Å²) in [5.41, 5.74) is 6.76. The molecule has 0 spiro atoms.